The Kier molecular flexibility index (Phi) is 53.2. The first-order valence-corrected chi connectivity index (χ1v) is 28.6. The Morgan fingerprint density at radius 1 is 0.371 bits per heavy atom. The molecule has 0 saturated carbocycles. The molecule has 0 aliphatic heterocycles. The summed E-state index contributed by atoms with van der Waals surface area (Å²) in [6.07, 6.45) is 72.1. The summed E-state index contributed by atoms with van der Waals surface area (Å²) in [7, 11) is 0. The Bertz CT molecular complexity index is 901. The van der Waals surface area contributed by atoms with Gasteiger partial charge < -0.3 is 15.5 Å². The van der Waals surface area contributed by atoms with Gasteiger partial charge in [0.25, 0.3) is 0 Å². The largest absolute Gasteiger partial charge is 0.394 e. The molecule has 0 radical (unpaired) electrons. The first-order chi connectivity index (χ1) is 30.7. The number of nitrogens with one attached hydrogen (secondary N) is 1. The van der Waals surface area contributed by atoms with E-state index in [-0.39, 0.29) is 12.5 Å². The molecule has 3 N–H and O–H groups in total. The summed E-state index contributed by atoms with van der Waals surface area (Å²) >= 11 is 0. The molecule has 368 valence electrons. The minimum atomic E-state index is -0.859. The predicted octanol–water partition coefficient (Wildman–Crippen LogP) is 18.7. The van der Waals surface area contributed by atoms with Gasteiger partial charge in [-0.25, -0.2) is 0 Å². The third-order valence-corrected chi connectivity index (χ3v) is 13.4. The number of carbonyl (C=O) groups is 1. The Balaban J connectivity index is 3.45. The monoisotopic (exact) mass is 872 g/mol. The standard InChI is InChI=1S/C58H113NO3/c1-3-5-7-9-11-13-15-17-19-21-23-24-25-26-27-28-29-30-31-32-33-34-36-38-40-42-44-46-48-50-52-54-58(62)59-56(55-60)57(61)53-51-49-47-45-43-41-39-37-35-22-20-18-16-14-12-10-8-6-4-2/h43,45,51,53,56-57,60-61H,3-42,44,46-50,52,54-55H2,1-2H3,(H,59,62)/b45-43+,53-51+. The lowest BCUT2D eigenvalue weighted by Crippen LogP contribution is -2.45. The second-order valence-corrected chi connectivity index (χ2v) is 19.7. The minimum absolute atomic E-state index is 0.0667. The second kappa shape index (κ2) is 54.2. The van der Waals surface area contributed by atoms with Gasteiger partial charge in [-0.2, -0.15) is 0 Å². The molecule has 4 nitrogen and oxygen atoms in total. The lowest BCUT2D eigenvalue weighted by atomic mass is 10.0. The fraction of sp³-hybridized carbons (Fsp3) is 0.914. The second-order valence-electron chi connectivity index (χ2n) is 19.7. The Hall–Kier alpha value is -1.13. The number of hydrogen-bond acceptors (Lipinski definition) is 3. The van der Waals surface area contributed by atoms with E-state index in [0.717, 1.165) is 32.1 Å². The molecule has 0 aliphatic carbocycles. The first-order valence-electron chi connectivity index (χ1n) is 28.6. The van der Waals surface area contributed by atoms with E-state index in [1.807, 2.05) is 6.08 Å². The highest BCUT2D eigenvalue weighted by atomic mass is 16.3. The number of hydrogen-bond donors (Lipinski definition) is 3. The van der Waals surface area contributed by atoms with Gasteiger partial charge in [0.2, 0.25) is 5.91 Å². The van der Waals surface area contributed by atoms with Gasteiger partial charge in [-0.05, 0) is 32.1 Å². The molecule has 0 aromatic heterocycles. The summed E-state index contributed by atoms with van der Waals surface area (Å²) < 4.78 is 0. The van der Waals surface area contributed by atoms with Gasteiger partial charge in [0.05, 0.1) is 18.8 Å². The van der Waals surface area contributed by atoms with Crippen LogP contribution in [0.1, 0.15) is 322 Å². The predicted molar refractivity (Wildman–Crippen MR) is 276 cm³/mol. The van der Waals surface area contributed by atoms with Crippen molar-refractivity contribution in [2.75, 3.05) is 6.61 Å². The van der Waals surface area contributed by atoms with Gasteiger partial charge in [-0.3, -0.25) is 4.79 Å². The van der Waals surface area contributed by atoms with Crippen LogP contribution in [0, 0.1) is 0 Å². The van der Waals surface area contributed by atoms with Crippen LogP contribution >= 0.6 is 0 Å². The van der Waals surface area contributed by atoms with Crippen molar-refractivity contribution in [3.8, 4) is 0 Å². The highest BCUT2D eigenvalue weighted by Gasteiger charge is 2.18. The van der Waals surface area contributed by atoms with Crippen molar-refractivity contribution >= 4 is 5.91 Å². The summed E-state index contributed by atoms with van der Waals surface area (Å²) in [5.74, 6) is -0.0667. The van der Waals surface area contributed by atoms with E-state index in [1.165, 1.54) is 270 Å². The van der Waals surface area contributed by atoms with Gasteiger partial charge in [-0.15, -0.1) is 0 Å². The lowest BCUT2D eigenvalue weighted by Gasteiger charge is -2.19. The highest BCUT2D eigenvalue weighted by molar-refractivity contribution is 5.76. The molecule has 0 aliphatic rings. The number of rotatable bonds is 53. The molecule has 0 saturated heterocycles. The number of allylic oxidation sites excluding steroid dienone is 3. The van der Waals surface area contributed by atoms with Crippen LogP contribution < -0.4 is 5.32 Å². The van der Waals surface area contributed by atoms with Crippen LogP contribution in [0.5, 0.6) is 0 Å². The van der Waals surface area contributed by atoms with E-state index in [4.69, 9.17) is 0 Å². The molecule has 0 spiro atoms. The average molecular weight is 873 g/mol. The molecule has 0 aromatic carbocycles. The minimum Gasteiger partial charge on any atom is -0.394 e. The highest BCUT2D eigenvalue weighted by Crippen LogP contribution is 2.18. The molecule has 2 unspecified atom stereocenters. The van der Waals surface area contributed by atoms with Crippen LogP contribution in [0.3, 0.4) is 0 Å². The zero-order valence-corrected chi connectivity index (χ0v) is 42.4. The van der Waals surface area contributed by atoms with E-state index in [1.54, 1.807) is 6.08 Å². The van der Waals surface area contributed by atoms with Crippen LogP contribution in [0.25, 0.3) is 0 Å². The Morgan fingerprint density at radius 3 is 0.935 bits per heavy atom. The maximum atomic E-state index is 12.5. The topological polar surface area (TPSA) is 69.6 Å². The summed E-state index contributed by atoms with van der Waals surface area (Å²) in [5, 5.41) is 23.1. The molecular formula is C58H113NO3. The van der Waals surface area contributed by atoms with Crippen molar-refractivity contribution in [2.45, 2.75) is 334 Å². The van der Waals surface area contributed by atoms with Crippen molar-refractivity contribution in [3.05, 3.63) is 24.3 Å². The van der Waals surface area contributed by atoms with E-state index in [9.17, 15) is 15.0 Å². The summed E-state index contributed by atoms with van der Waals surface area (Å²) in [5.41, 5.74) is 0. The zero-order chi connectivity index (χ0) is 44.9. The van der Waals surface area contributed by atoms with E-state index in [2.05, 4.69) is 31.3 Å². The fourth-order valence-electron chi connectivity index (χ4n) is 9.08. The van der Waals surface area contributed by atoms with Crippen LogP contribution in [-0.4, -0.2) is 34.9 Å². The number of aliphatic hydroxyl groups is 2. The maximum Gasteiger partial charge on any atom is 0.220 e. The SMILES string of the molecule is CCCCCCCCCCCCCCC/C=C/CC/C=C/C(O)C(CO)NC(=O)CCCCCCCCCCCCCCCCCCCCCCCCCCCCCCCCC. The van der Waals surface area contributed by atoms with E-state index < -0.39 is 12.1 Å². The van der Waals surface area contributed by atoms with Crippen LogP contribution in [0.2, 0.25) is 0 Å². The Labute approximate surface area is 389 Å². The van der Waals surface area contributed by atoms with Crippen molar-refractivity contribution < 1.29 is 15.0 Å². The average Bonchev–Trinajstić information content (AvgIpc) is 3.28. The molecule has 0 aromatic rings. The molecule has 1 amide bonds. The summed E-state index contributed by atoms with van der Waals surface area (Å²) in [6, 6.07) is -0.636. The van der Waals surface area contributed by atoms with Gasteiger partial charge in [0, 0.05) is 6.42 Å². The van der Waals surface area contributed by atoms with Crippen molar-refractivity contribution in [3.63, 3.8) is 0 Å². The molecular weight excluding hydrogens is 759 g/mol. The molecule has 4 heteroatoms. The third kappa shape index (κ3) is 49.9. The molecule has 0 heterocycles. The summed E-state index contributed by atoms with van der Waals surface area (Å²) in [4.78, 5) is 12.5. The maximum absolute atomic E-state index is 12.5. The lowest BCUT2D eigenvalue weighted by molar-refractivity contribution is -0.123. The smallest absolute Gasteiger partial charge is 0.220 e. The van der Waals surface area contributed by atoms with Crippen molar-refractivity contribution in [1.82, 2.24) is 5.32 Å². The Morgan fingerprint density at radius 2 is 0.629 bits per heavy atom. The quantitative estimate of drug-likeness (QED) is 0.0421. The van der Waals surface area contributed by atoms with Gasteiger partial charge in [0.1, 0.15) is 0 Å². The molecule has 0 bridgehead atoms. The van der Waals surface area contributed by atoms with E-state index >= 15 is 0 Å². The molecule has 0 rings (SSSR count). The normalized spacial score (nSPS) is 12.9. The fourth-order valence-corrected chi connectivity index (χ4v) is 9.08. The number of unbranched alkanes of at least 4 members (excludes halogenated alkanes) is 44. The number of carbonyl (C=O) groups excluding carboxylic acids is 1. The van der Waals surface area contributed by atoms with E-state index in [0.29, 0.717) is 6.42 Å². The molecule has 0 fully saturated rings. The molecule has 62 heavy (non-hydrogen) atoms. The zero-order valence-electron chi connectivity index (χ0n) is 42.4. The first kappa shape index (κ1) is 60.9. The summed E-state index contributed by atoms with van der Waals surface area (Å²) in [6.45, 7) is 4.33. The third-order valence-electron chi connectivity index (χ3n) is 13.4. The van der Waals surface area contributed by atoms with Crippen LogP contribution in [-0.2, 0) is 4.79 Å². The van der Waals surface area contributed by atoms with Gasteiger partial charge in [-0.1, -0.05) is 308 Å². The van der Waals surface area contributed by atoms with Crippen molar-refractivity contribution in [2.24, 2.45) is 0 Å². The van der Waals surface area contributed by atoms with Crippen molar-refractivity contribution in [1.29, 1.82) is 0 Å². The molecule has 2 atom stereocenters. The van der Waals surface area contributed by atoms with Gasteiger partial charge >= 0.3 is 0 Å². The van der Waals surface area contributed by atoms with Crippen LogP contribution in [0.15, 0.2) is 24.3 Å². The van der Waals surface area contributed by atoms with Crippen LogP contribution in [0.4, 0.5) is 0 Å². The number of amides is 1. The number of aliphatic hydroxyl groups excluding tert-OH is 2. The van der Waals surface area contributed by atoms with Gasteiger partial charge in [0.15, 0.2) is 0 Å².